The van der Waals surface area contributed by atoms with Crippen molar-refractivity contribution < 1.29 is 19.0 Å². The number of carboxylic acid groups (broad SMARTS) is 1. The molecule has 0 spiro atoms. The molecule has 3 heterocycles. The Hall–Kier alpha value is -4.20. The Morgan fingerprint density at radius 1 is 1.20 bits per heavy atom. The highest BCUT2D eigenvalue weighted by Gasteiger charge is 2.29. The van der Waals surface area contributed by atoms with Crippen LogP contribution in [-0.2, 0) is 0 Å². The lowest BCUT2D eigenvalue weighted by molar-refractivity contribution is 0.0695. The second-order valence-electron chi connectivity index (χ2n) is 8.63. The van der Waals surface area contributed by atoms with Crippen molar-refractivity contribution in [1.82, 2.24) is 9.55 Å². The Kier molecular flexibility index (Phi) is 5.94. The number of benzene rings is 2. The Labute approximate surface area is 201 Å². The molecule has 35 heavy (non-hydrogen) atoms. The van der Waals surface area contributed by atoms with Gasteiger partial charge in [0, 0.05) is 35.6 Å². The van der Waals surface area contributed by atoms with Crippen molar-refractivity contribution in [1.29, 1.82) is 0 Å². The summed E-state index contributed by atoms with van der Waals surface area (Å²) in [7, 11) is 0. The number of fused-ring (bicyclic) bond motifs is 1. The summed E-state index contributed by atoms with van der Waals surface area (Å²) < 4.78 is 23.0. The van der Waals surface area contributed by atoms with E-state index >= 15 is 4.39 Å². The van der Waals surface area contributed by atoms with Crippen LogP contribution in [0.4, 0.5) is 10.1 Å². The number of pyridine rings is 2. The number of anilines is 1. The Balaban J connectivity index is 1.58. The molecule has 8 heteroatoms. The molecular formula is C27H24FN3O4. The van der Waals surface area contributed by atoms with Gasteiger partial charge >= 0.3 is 5.97 Å². The molecule has 1 N–H and O–H groups in total. The van der Waals surface area contributed by atoms with E-state index in [1.165, 1.54) is 6.20 Å². The highest BCUT2D eigenvalue weighted by Crippen LogP contribution is 2.32. The largest absolute Gasteiger partial charge is 0.477 e. The standard InChI is InChI=1S/C27H24FN3O4/c1-17-7-5-11-29-26(17)35-16-19-10-6-12-30(19)24-14-23-20(13-22(24)28)25(32)21(27(33)34)15-31(23)18-8-3-2-4-9-18/h2-5,7-9,11,13-15,19H,6,10,12,16H2,1H3,(H,33,34)/t19-/m1/s1. The summed E-state index contributed by atoms with van der Waals surface area (Å²) in [6.07, 6.45) is 4.67. The summed E-state index contributed by atoms with van der Waals surface area (Å²) in [6.45, 7) is 2.91. The van der Waals surface area contributed by atoms with Crippen LogP contribution < -0.4 is 15.1 Å². The monoisotopic (exact) mass is 473 g/mol. The molecule has 1 aliphatic heterocycles. The minimum atomic E-state index is -1.35. The van der Waals surface area contributed by atoms with E-state index in [0.29, 0.717) is 35.9 Å². The minimum absolute atomic E-state index is 0.0195. The number of halogens is 1. The number of carboxylic acids is 1. The van der Waals surface area contributed by atoms with Crippen LogP contribution >= 0.6 is 0 Å². The van der Waals surface area contributed by atoms with Crippen LogP contribution in [0.15, 0.2) is 71.8 Å². The third kappa shape index (κ3) is 4.23. The van der Waals surface area contributed by atoms with Gasteiger partial charge in [-0.3, -0.25) is 4.79 Å². The maximum Gasteiger partial charge on any atom is 0.341 e. The van der Waals surface area contributed by atoms with Gasteiger partial charge in [0.05, 0.1) is 17.2 Å². The molecule has 0 saturated carbocycles. The van der Waals surface area contributed by atoms with E-state index in [2.05, 4.69) is 4.98 Å². The van der Waals surface area contributed by atoms with Crippen molar-refractivity contribution in [2.24, 2.45) is 0 Å². The molecule has 4 aromatic rings. The molecule has 0 aliphatic carbocycles. The first-order valence-electron chi connectivity index (χ1n) is 11.4. The first-order valence-corrected chi connectivity index (χ1v) is 11.4. The van der Waals surface area contributed by atoms with Crippen molar-refractivity contribution in [2.45, 2.75) is 25.8 Å². The number of nitrogens with zero attached hydrogens (tertiary/aromatic N) is 3. The van der Waals surface area contributed by atoms with Crippen molar-refractivity contribution in [3.63, 3.8) is 0 Å². The number of rotatable bonds is 6. The zero-order chi connectivity index (χ0) is 24.5. The Morgan fingerprint density at radius 2 is 2.00 bits per heavy atom. The number of aryl methyl sites for hydroxylation is 1. The van der Waals surface area contributed by atoms with Gasteiger partial charge in [-0.1, -0.05) is 24.3 Å². The lowest BCUT2D eigenvalue weighted by Crippen LogP contribution is -2.35. The van der Waals surface area contributed by atoms with Crippen LogP contribution in [0.5, 0.6) is 5.88 Å². The third-order valence-corrected chi connectivity index (χ3v) is 6.40. The van der Waals surface area contributed by atoms with Gasteiger partial charge in [0.1, 0.15) is 18.0 Å². The van der Waals surface area contributed by atoms with Crippen LogP contribution in [0.2, 0.25) is 0 Å². The van der Waals surface area contributed by atoms with E-state index in [0.717, 1.165) is 24.5 Å². The Bertz CT molecular complexity index is 1470. The number of hydrogen-bond acceptors (Lipinski definition) is 5. The molecule has 1 atom stereocenters. The number of carbonyl (C=O) groups is 1. The van der Waals surface area contributed by atoms with Crippen molar-refractivity contribution in [3.05, 3.63) is 94.2 Å². The molecule has 0 amide bonds. The topological polar surface area (TPSA) is 84.7 Å². The Morgan fingerprint density at radius 3 is 2.74 bits per heavy atom. The summed E-state index contributed by atoms with van der Waals surface area (Å²) in [6, 6.07) is 15.6. The lowest BCUT2D eigenvalue weighted by atomic mass is 10.1. The molecule has 1 saturated heterocycles. The molecule has 5 rings (SSSR count). The van der Waals surface area contributed by atoms with E-state index < -0.39 is 22.8 Å². The van der Waals surface area contributed by atoms with E-state index in [1.807, 2.05) is 42.2 Å². The number of aromatic carboxylic acids is 1. The van der Waals surface area contributed by atoms with E-state index in [-0.39, 0.29) is 11.4 Å². The van der Waals surface area contributed by atoms with Gasteiger partial charge in [0.2, 0.25) is 11.3 Å². The normalized spacial score (nSPS) is 15.5. The summed E-state index contributed by atoms with van der Waals surface area (Å²) in [5.74, 6) is -1.37. The van der Waals surface area contributed by atoms with Crippen molar-refractivity contribution in [3.8, 4) is 11.6 Å². The molecule has 178 valence electrons. The van der Waals surface area contributed by atoms with Gasteiger partial charge in [0.25, 0.3) is 0 Å². The molecule has 1 fully saturated rings. The van der Waals surface area contributed by atoms with Gasteiger partial charge in [-0.15, -0.1) is 0 Å². The van der Waals surface area contributed by atoms with E-state index in [9.17, 15) is 14.7 Å². The summed E-state index contributed by atoms with van der Waals surface area (Å²) in [4.78, 5) is 30.9. The summed E-state index contributed by atoms with van der Waals surface area (Å²) in [5, 5.41) is 9.59. The van der Waals surface area contributed by atoms with Gasteiger partial charge in [0.15, 0.2) is 0 Å². The summed E-state index contributed by atoms with van der Waals surface area (Å²) in [5.41, 5.74) is 1.27. The fraction of sp³-hybridized carbons (Fsp3) is 0.222. The summed E-state index contributed by atoms with van der Waals surface area (Å²) >= 11 is 0. The van der Waals surface area contributed by atoms with Crippen molar-refractivity contribution >= 4 is 22.6 Å². The van der Waals surface area contributed by atoms with Crippen molar-refractivity contribution in [2.75, 3.05) is 18.1 Å². The third-order valence-electron chi connectivity index (χ3n) is 6.40. The predicted molar refractivity (Wildman–Crippen MR) is 131 cm³/mol. The molecule has 2 aromatic carbocycles. The lowest BCUT2D eigenvalue weighted by Gasteiger charge is -2.28. The highest BCUT2D eigenvalue weighted by atomic mass is 19.1. The molecule has 2 aromatic heterocycles. The molecular weight excluding hydrogens is 449 g/mol. The second kappa shape index (κ2) is 9.21. The fourth-order valence-corrected chi connectivity index (χ4v) is 4.63. The molecule has 1 aliphatic rings. The first-order chi connectivity index (χ1) is 16.9. The van der Waals surface area contributed by atoms with Crippen LogP contribution in [0, 0.1) is 12.7 Å². The quantitative estimate of drug-likeness (QED) is 0.441. The second-order valence-corrected chi connectivity index (χ2v) is 8.63. The number of para-hydroxylation sites is 1. The first kappa shape index (κ1) is 22.6. The van der Waals surface area contributed by atoms with Crippen LogP contribution in [0.1, 0.15) is 28.8 Å². The van der Waals surface area contributed by atoms with Crippen LogP contribution in [0.3, 0.4) is 0 Å². The fourth-order valence-electron chi connectivity index (χ4n) is 4.63. The van der Waals surface area contributed by atoms with Gasteiger partial charge in [-0.2, -0.15) is 0 Å². The molecule has 0 bridgehead atoms. The SMILES string of the molecule is Cc1cccnc1OC[C@H]1CCCN1c1cc2c(cc1F)c(=O)c(C(=O)O)cn2-c1ccccc1. The maximum atomic E-state index is 15.4. The average Bonchev–Trinajstić information content (AvgIpc) is 3.32. The zero-order valence-electron chi connectivity index (χ0n) is 19.1. The number of hydrogen-bond donors (Lipinski definition) is 1. The highest BCUT2D eigenvalue weighted by molar-refractivity contribution is 5.94. The number of aromatic nitrogens is 2. The average molecular weight is 474 g/mol. The molecule has 0 unspecified atom stereocenters. The number of ether oxygens (including phenoxy) is 1. The maximum absolute atomic E-state index is 15.4. The van der Waals surface area contributed by atoms with Gasteiger partial charge in [-0.25, -0.2) is 14.2 Å². The smallest absolute Gasteiger partial charge is 0.341 e. The predicted octanol–water partition coefficient (Wildman–Crippen LogP) is 4.58. The minimum Gasteiger partial charge on any atom is -0.477 e. The van der Waals surface area contributed by atoms with Crippen LogP contribution in [0.25, 0.3) is 16.6 Å². The van der Waals surface area contributed by atoms with E-state index in [1.54, 1.807) is 29.0 Å². The van der Waals surface area contributed by atoms with Crippen LogP contribution in [-0.4, -0.2) is 39.8 Å². The molecule has 0 radical (unpaired) electrons. The molecule has 7 nitrogen and oxygen atoms in total. The zero-order valence-corrected chi connectivity index (χ0v) is 19.1. The van der Waals surface area contributed by atoms with Gasteiger partial charge < -0.3 is 19.3 Å². The van der Waals surface area contributed by atoms with Gasteiger partial charge in [-0.05, 0) is 50.1 Å². The van der Waals surface area contributed by atoms with E-state index in [4.69, 9.17) is 4.74 Å².